The lowest BCUT2D eigenvalue weighted by molar-refractivity contribution is 0.455. The van der Waals surface area contributed by atoms with Gasteiger partial charge in [-0.15, -0.1) is 0 Å². The molecule has 2 aromatic heterocycles. The van der Waals surface area contributed by atoms with E-state index in [0.29, 0.717) is 17.6 Å². The molecule has 0 spiro atoms. The maximum Gasteiger partial charge on any atom is 0.227 e. The predicted octanol–water partition coefficient (Wildman–Crippen LogP) is 3.10. The van der Waals surface area contributed by atoms with E-state index in [1.54, 1.807) is 12.4 Å². The van der Waals surface area contributed by atoms with Crippen LogP contribution in [0.1, 0.15) is 24.6 Å². The molecular weight excluding hydrogens is 240 g/mol. The van der Waals surface area contributed by atoms with E-state index in [4.69, 9.17) is 4.74 Å². The van der Waals surface area contributed by atoms with E-state index < -0.39 is 0 Å². The van der Waals surface area contributed by atoms with Gasteiger partial charge in [-0.25, -0.2) is 4.98 Å². The first-order valence-electron chi connectivity index (χ1n) is 6.37. The zero-order valence-corrected chi connectivity index (χ0v) is 11.5. The number of hydrogen-bond donors (Lipinski definition) is 1. The Kier molecular flexibility index (Phi) is 4.28. The molecule has 0 saturated heterocycles. The van der Waals surface area contributed by atoms with Gasteiger partial charge < -0.3 is 10.1 Å². The minimum Gasteiger partial charge on any atom is -0.437 e. The van der Waals surface area contributed by atoms with Crippen molar-refractivity contribution >= 4 is 5.95 Å². The molecule has 1 N–H and O–H groups in total. The third-order valence-corrected chi connectivity index (χ3v) is 2.56. The Morgan fingerprint density at radius 3 is 2.68 bits per heavy atom. The zero-order chi connectivity index (χ0) is 13.7. The molecule has 0 radical (unpaired) electrons. The van der Waals surface area contributed by atoms with Gasteiger partial charge in [-0.3, -0.25) is 4.98 Å². The molecule has 0 amide bonds. The van der Waals surface area contributed by atoms with Crippen LogP contribution < -0.4 is 10.1 Å². The molecule has 19 heavy (non-hydrogen) atoms. The van der Waals surface area contributed by atoms with Crippen LogP contribution in [-0.2, 0) is 0 Å². The third kappa shape index (κ3) is 3.64. The summed E-state index contributed by atoms with van der Waals surface area (Å²) in [6.45, 7) is 6.79. The molecule has 5 heteroatoms. The topological polar surface area (TPSA) is 59.9 Å². The van der Waals surface area contributed by atoms with Crippen molar-refractivity contribution in [1.82, 2.24) is 15.0 Å². The van der Waals surface area contributed by atoms with Crippen LogP contribution in [0.15, 0.2) is 24.5 Å². The fraction of sp³-hybridized carbons (Fsp3) is 0.357. The van der Waals surface area contributed by atoms with Gasteiger partial charge >= 0.3 is 0 Å². The highest BCUT2D eigenvalue weighted by molar-refractivity contribution is 5.35. The van der Waals surface area contributed by atoms with Crippen LogP contribution in [0.2, 0.25) is 0 Å². The van der Waals surface area contributed by atoms with E-state index >= 15 is 0 Å². The van der Waals surface area contributed by atoms with Crippen LogP contribution in [0.4, 0.5) is 5.95 Å². The Labute approximate surface area is 113 Å². The van der Waals surface area contributed by atoms with Crippen LogP contribution in [0, 0.1) is 13.8 Å². The van der Waals surface area contributed by atoms with Gasteiger partial charge in [0, 0.05) is 24.0 Å². The standard InChI is InChI=1S/C14H18N4O/c1-4-7-15-14-17-8-10(2)13(18-14)19-12-6-5-11(3)16-9-12/h5-6,8-9H,4,7H2,1-3H3,(H,15,17,18). The first-order valence-corrected chi connectivity index (χ1v) is 6.37. The number of rotatable bonds is 5. The number of ether oxygens (including phenoxy) is 1. The van der Waals surface area contributed by atoms with Crippen molar-refractivity contribution < 1.29 is 4.74 Å². The lowest BCUT2D eigenvalue weighted by Crippen LogP contribution is -2.05. The van der Waals surface area contributed by atoms with E-state index in [2.05, 4.69) is 27.2 Å². The number of nitrogens with one attached hydrogen (secondary N) is 1. The Hall–Kier alpha value is -2.17. The highest BCUT2D eigenvalue weighted by Crippen LogP contribution is 2.22. The first-order chi connectivity index (χ1) is 9.19. The molecule has 2 heterocycles. The van der Waals surface area contributed by atoms with Crippen molar-refractivity contribution in [3.8, 4) is 11.6 Å². The number of aryl methyl sites for hydroxylation is 2. The van der Waals surface area contributed by atoms with Crippen molar-refractivity contribution in [1.29, 1.82) is 0 Å². The fourth-order valence-electron chi connectivity index (χ4n) is 1.48. The second-order valence-electron chi connectivity index (χ2n) is 4.35. The van der Waals surface area contributed by atoms with E-state index in [1.165, 1.54) is 0 Å². The zero-order valence-electron chi connectivity index (χ0n) is 11.5. The summed E-state index contributed by atoms with van der Waals surface area (Å²) in [5, 5.41) is 3.14. The molecule has 2 aromatic rings. The second kappa shape index (κ2) is 6.13. The predicted molar refractivity (Wildman–Crippen MR) is 74.6 cm³/mol. The van der Waals surface area contributed by atoms with Crippen molar-refractivity contribution in [2.45, 2.75) is 27.2 Å². The first kappa shape index (κ1) is 13.3. The van der Waals surface area contributed by atoms with Gasteiger partial charge in [0.25, 0.3) is 0 Å². The van der Waals surface area contributed by atoms with Crippen LogP contribution in [0.3, 0.4) is 0 Å². The number of anilines is 1. The average Bonchev–Trinajstić information content (AvgIpc) is 2.42. The van der Waals surface area contributed by atoms with E-state index in [-0.39, 0.29) is 0 Å². The van der Waals surface area contributed by atoms with Crippen LogP contribution in [0.5, 0.6) is 11.6 Å². The normalized spacial score (nSPS) is 10.3. The largest absolute Gasteiger partial charge is 0.437 e. The lowest BCUT2D eigenvalue weighted by atomic mass is 10.3. The molecule has 0 saturated carbocycles. The molecule has 0 bridgehead atoms. The third-order valence-electron chi connectivity index (χ3n) is 2.56. The number of hydrogen-bond acceptors (Lipinski definition) is 5. The van der Waals surface area contributed by atoms with Gasteiger partial charge in [0.1, 0.15) is 5.75 Å². The monoisotopic (exact) mass is 258 g/mol. The number of pyridine rings is 1. The van der Waals surface area contributed by atoms with Crippen molar-refractivity contribution in [3.05, 3.63) is 35.8 Å². The van der Waals surface area contributed by atoms with Gasteiger partial charge in [0.2, 0.25) is 11.8 Å². The summed E-state index contributed by atoms with van der Waals surface area (Å²) in [4.78, 5) is 12.8. The maximum absolute atomic E-state index is 5.73. The van der Waals surface area contributed by atoms with Gasteiger partial charge in [0.05, 0.1) is 6.20 Å². The molecule has 0 aromatic carbocycles. The molecule has 5 nitrogen and oxygen atoms in total. The molecule has 0 fully saturated rings. The quantitative estimate of drug-likeness (QED) is 0.893. The molecule has 0 aliphatic heterocycles. The summed E-state index contributed by atoms with van der Waals surface area (Å²) >= 11 is 0. The van der Waals surface area contributed by atoms with Gasteiger partial charge in [-0.05, 0) is 32.4 Å². The number of aromatic nitrogens is 3. The minimum absolute atomic E-state index is 0.555. The Balaban J connectivity index is 2.16. The summed E-state index contributed by atoms with van der Waals surface area (Å²) in [6.07, 6.45) is 4.47. The average molecular weight is 258 g/mol. The molecule has 0 aliphatic carbocycles. The van der Waals surface area contributed by atoms with Gasteiger partial charge in [0.15, 0.2) is 0 Å². The highest BCUT2D eigenvalue weighted by Gasteiger charge is 2.06. The summed E-state index contributed by atoms with van der Waals surface area (Å²) < 4.78 is 5.73. The van der Waals surface area contributed by atoms with Crippen molar-refractivity contribution in [2.75, 3.05) is 11.9 Å². The fourth-order valence-corrected chi connectivity index (χ4v) is 1.48. The van der Waals surface area contributed by atoms with E-state index in [0.717, 1.165) is 24.2 Å². The molecule has 2 rings (SSSR count). The van der Waals surface area contributed by atoms with Crippen LogP contribution in [-0.4, -0.2) is 21.5 Å². The summed E-state index contributed by atoms with van der Waals surface area (Å²) in [6, 6.07) is 3.78. The van der Waals surface area contributed by atoms with E-state index in [1.807, 2.05) is 26.0 Å². The van der Waals surface area contributed by atoms with Gasteiger partial charge in [-0.1, -0.05) is 6.92 Å². The highest BCUT2D eigenvalue weighted by atomic mass is 16.5. The summed E-state index contributed by atoms with van der Waals surface area (Å²) in [5.74, 6) is 1.82. The van der Waals surface area contributed by atoms with Crippen LogP contribution >= 0.6 is 0 Å². The smallest absolute Gasteiger partial charge is 0.227 e. The summed E-state index contributed by atoms with van der Waals surface area (Å²) in [5.41, 5.74) is 1.85. The Morgan fingerprint density at radius 1 is 1.16 bits per heavy atom. The molecule has 0 atom stereocenters. The molecule has 0 aliphatic rings. The Bertz CT molecular complexity index is 540. The van der Waals surface area contributed by atoms with Crippen LogP contribution in [0.25, 0.3) is 0 Å². The molecule has 100 valence electrons. The van der Waals surface area contributed by atoms with Gasteiger partial charge in [-0.2, -0.15) is 4.98 Å². The maximum atomic E-state index is 5.73. The summed E-state index contributed by atoms with van der Waals surface area (Å²) in [7, 11) is 0. The lowest BCUT2D eigenvalue weighted by Gasteiger charge is -2.09. The Morgan fingerprint density at radius 2 is 2.00 bits per heavy atom. The molecular formula is C14H18N4O. The minimum atomic E-state index is 0.555. The molecule has 0 unspecified atom stereocenters. The van der Waals surface area contributed by atoms with E-state index in [9.17, 15) is 0 Å². The van der Waals surface area contributed by atoms with Crippen molar-refractivity contribution in [3.63, 3.8) is 0 Å². The van der Waals surface area contributed by atoms with Crippen molar-refractivity contribution in [2.24, 2.45) is 0 Å². The SMILES string of the molecule is CCCNc1ncc(C)c(Oc2ccc(C)nc2)n1. The number of nitrogens with zero attached hydrogens (tertiary/aromatic N) is 3. The second-order valence-corrected chi connectivity index (χ2v) is 4.35.